The molecule has 7 nitrogen and oxygen atoms in total. The molecule has 4 aromatic rings. The van der Waals surface area contributed by atoms with Crippen LogP contribution in [0.2, 0.25) is 0 Å². The largest absolute Gasteiger partial charge is 0.419 e. The number of benzene rings is 3. The fourth-order valence-electron chi connectivity index (χ4n) is 2.92. The first-order valence-electron chi connectivity index (χ1n) is 8.98. The van der Waals surface area contributed by atoms with Crippen LogP contribution in [0.3, 0.4) is 0 Å². The molecule has 0 aliphatic carbocycles. The number of nitrogens with one attached hydrogen (secondary N) is 1. The Hall–Kier alpha value is -4.13. The average molecular weight is 386 g/mol. The number of amides is 2. The first-order chi connectivity index (χ1) is 14.1. The van der Waals surface area contributed by atoms with Crippen molar-refractivity contribution in [3.63, 3.8) is 0 Å². The molecule has 0 aliphatic heterocycles. The number of para-hydroxylation sites is 4. The highest BCUT2D eigenvalue weighted by molar-refractivity contribution is 6.00. The van der Waals surface area contributed by atoms with Gasteiger partial charge in [-0.05, 0) is 36.4 Å². The molecule has 0 saturated heterocycles. The van der Waals surface area contributed by atoms with Crippen molar-refractivity contribution in [1.82, 2.24) is 9.55 Å². The molecule has 4 rings (SSSR count). The summed E-state index contributed by atoms with van der Waals surface area (Å²) >= 11 is 0. The van der Waals surface area contributed by atoms with Gasteiger partial charge in [-0.3, -0.25) is 10.2 Å². The number of ether oxygens (including phenoxy) is 1. The molecule has 1 N–H and O–H groups in total. The van der Waals surface area contributed by atoms with E-state index in [9.17, 15) is 9.59 Å². The third-order valence-corrected chi connectivity index (χ3v) is 4.36. The Morgan fingerprint density at radius 3 is 2.24 bits per heavy atom. The number of carbonyl (C=O) groups is 2. The average Bonchev–Trinajstić information content (AvgIpc) is 3.11. The van der Waals surface area contributed by atoms with E-state index in [2.05, 4.69) is 10.3 Å². The Morgan fingerprint density at radius 2 is 1.52 bits per heavy atom. The van der Waals surface area contributed by atoms with Crippen LogP contribution < -0.4 is 15.0 Å². The van der Waals surface area contributed by atoms with Crippen molar-refractivity contribution >= 4 is 34.5 Å². The van der Waals surface area contributed by atoms with Gasteiger partial charge in [-0.15, -0.1) is 0 Å². The first kappa shape index (κ1) is 18.2. The third kappa shape index (κ3) is 3.79. The van der Waals surface area contributed by atoms with Crippen molar-refractivity contribution in [3.05, 3.63) is 84.9 Å². The van der Waals surface area contributed by atoms with Gasteiger partial charge in [-0.2, -0.15) is 4.98 Å². The van der Waals surface area contributed by atoms with Crippen molar-refractivity contribution in [3.8, 4) is 6.01 Å². The first-order valence-corrected chi connectivity index (χ1v) is 8.98. The Morgan fingerprint density at radius 1 is 0.897 bits per heavy atom. The zero-order valence-corrected chi connectivity index (χ0v) is 15.6. The summed E-state index contributed by atoms with van der Waals surface area (Å²) in [6.07, 6.45) is -0.733. The monoisotopic (exact) mass is 386 g/mol. The standard InChI is InChI=1S/C22H18N4O3/c1-25(17-12-6-3-7-13-17)22(28)26-19-15-9-8-14-18(19)24-20(26)29-21(27)23-16-10-4-2-5-11-16/h2-15H,1H3,(H,23,27). The minimum Gasteiger partial charge on any atom is -0.375 e. The van der Waals surface area contributed by atoms with E-state index in [1.165, 1.54) is 9.47 Å². The Balaban J connectivity index is 1.67. The summed E-state index contributed by atoms with van der Waals surface area (Å²) in [6, 6.07) is 24.7. The zero-order chi connectivity index (χ0) is 20.2. The van der Waals surface area contributed by atoms with Gasteiger partial charge in [0.15, 0.2) is 0 Å². The fourth-order valence-corrected chi connectivity index (χ4v) is 2.92. The second-order valence-electron chi connectivity index (χ2n) is 6.28. The molecule has 29 heavy (non-hydrogen) atoms. The van der Waals surface area contributed by atoms with Gasteiger partial charge in [0.05, 0.1) is 11.0 Å². The lowest BCUT2D eigenvalue weighted by Crippen LogP contribution is -2.32. The van der Waals surface area contributed by atoms with E-state index in [-0.39, 0.29) is 6.01 Å². The molecule has 0 saturated carbocycles. The van der Waals surface area contributed by atoms with Crippen LogP contribution in [-0.4, -0.2) is 28.7 Å². The van der Waals surface area contributed by atoms with Gasteiger partial charge >= 0.3 is 18.1 Å². The van der Waals surface area contributed by atoms with Crippen molar-refractivity contribution < 1.29 is 14.3 Å². The van der Waals surface area contributed by atoms with Gasteiger partial charge < -0.3 is 4.74 Å². The zero-order valence-electron chi connectivity index (χ0n) is 15.6. The summed E-state index contributed by atoms with van der Waals surface area (Å²) in [5, 5.41) is 2.62. The van der Waals surface area contributed by atoms with Crippen LogP contribution in [0.25, 0.3) is 11.0 Å². The van der Waals surface area contributed by atoms with E-state index < -0.39 is 12.1 Å². The van der Waals surface area contributed by atoms with E-state index in [1.807, 2.05) is 36.4 Å². The molecule has 0 spiro atoms. The third-order valence-electron chi connectivity index (χ3n) is 4.36. The Kier molecular flexibility index (Phi) is 4.94. The van der Waals surface area contributed by atoms with E-state index in [0.29, 0.717) is 22.4 Å². The molecular weight excluding hydrogens is 368 g/mol. The molecule has 0 aliphatic rings. The van der Waals surface area contributed by atoms with E-state index in [1.54, 1.807) is 55.6 Å². The van der Waals surface area contributed by atoms with Crippen LogP contribution >= 0.6 is 0 Å². The van der Waals surface area contributed by atoms with Crippen LogP contribution in [0.4, 0.5) is 21.0 Å². The second-order valence-corrected chi connectivity index (χ2v) is 6.28. The summed E-state index contributed by atoms with van der Waals surface area (Å²) in [5.41, 5.74) is 2.37. The Bertz CT molecular complexity index is 1160. The number of hydrogen-bond donors (Lipinski definition) is 1. The number of fused-ring (bicyclic) bond motifs is 1. The quantitative estimate of drug-likeness (QED) is 0.551. The topological polar surface area (TPSA) is 76.5 Å². The molecule has 144 valence electrons. The van der Waals surface area contributed by atoms with Gasteiger partial charge in [0.2, 0.25) is 0 Å². The maximum Gasteiger partial charge on any atom is 0.419 e. The number of imidazole rings is 1. The number of carbonyl (C=O) groups excluding carboxylic acids is 2. The van der Waals surface area contributed by atoms with Crippen molar-refractivity contribution in [2.45, 2.75) is 0 Å². The van der Waals surface area contributed by atoms with E-state index >= 15 is 0 Å². The lowest BCUT2D eigenvalue weighted by atomic mass is 10.3. The van der Waals surface area contributed by atoms with E-state index in [0.717, 1.165) is 0 Å². The SMILES string of the molecule is CN(C(=O)n1c(OC(=O)Nc2ccccc2)nc2ccccc21)c1ccccc1. The molecule has 1 heterocycles. The van der Waals surface area contributed by atoms with Gasteiger partial charge in [0, 0.05) is 18.4 Å². The summed E-state index contributed by atoms with van der Waals surface area (Å²) < 4.78 is 6.68. The van der Waals surface area contributed by atoms with Crippen LogP contribution in [-0.2, 0) is 0 Å². The maximum atomic E-state index is 13.2. The van der Waals surface area contributed by atoms with E-state index in [4.69, 9.17) is 4.74 Å². The Labute approximate surface area is 167 Å². The number of anilines is 2. The highest BCUT2D eigenvalue weighted by atomic mass is 16.6. The van der Waals surface area contributed by atoms with Crippen molar-refractivity contribution in [2.24, 2.45) is 0 Å². The van der Waals surface area contributed by atoms with Crippen LogP contribution in [0, 0.1) is 0 Å². The van der Waals surface area contributed by atoms with Crippen molar-refractivity contribution in [1.29, 1.82) is 0 Å². The summed E-state index contributed by atoms with van der Waals surface area (Å²) in [5.74, 6) is 0. The summed E-state index contributed by atoms with van der Waals surface area (Å²) in [6.45, 7) is 0. The molecule has 0 atom stereocenters. The second kappa shape index (κ2) is 7.85. The number of rotatable bonds is 3. The molecule has 0 fully saturated rings. The predicted molar refractivity (Wildman–Crippen MR) is 111 cm³/mol. The van der Waals surface area contributed by atoms with Crippen LogP contribution in [0.5, 0.6) is 6.01 Å². The molecule has 3 aromatic carbocycles. The fraction of sp³-hybridized carbons (Fsp3) is 0.0455. The smallest absolute Gasteiger partial charge is 0.375 e. The lowest BCUT2D eigenvalue weighted by Gasteiger charge is -2.18. The van der Waals surface area contributed by atoms with Crippen molar-refractivity contribution in [2.75, 3.05) is 17.3 Å². The minimum absolute atomic E-state index is 0.104. The molecule has 2 amide bonds. The van der Waals surface area contributed by atoms with Gasteiger partial charge in [-0.25, -0.2) is 14.2 Å². The molecule has 0 unspecified atom stereocenters. The minimum atomic E-state index is -0.733. The highest BCUT2D eigenvalue weighted by Crippen LogP contribution is 2.24. The molecule has 1 aromatic heterocycles. The number of nitrogens with zero attached hydrogens (tertiary/aromatic N) is 3. The molecular formula is C22H18N4O3. The normalized spacial score (nSPS) is 10.5. The number of hydrogen-bond acceptors (Lipinski definition) is 4. The van der Waals surface area contributed by atoms with Crippen LogP contribution in [0.1, 0.15) is 0 Å². The highest BCUT2D eigenvalue weighted by Gasteiger charge is 2.23. The molecule has 0 radical (unpaired) electrons. The predicted octanol–water partition coefficient (Wildman–Crippen LogP) is 4.75. The molecule has 0 bridgehead atoms. The van der Waals surface area contributed by atoms with Gasteiger partial charge in [-0.1, -0.05) is 48.5 Å². The number of aromatic nitrogens is 2. The summed E-state index contributed by atoms with van der Waals surface area (Å²) in [4.78, 5) is 31.4. The van der Waals surface area contributed by atoms with Gasteiger partial charge in [0.25, 0.3) is 0 Å². The van der Waals surface area contributed by atoms with Crippen LogP contribution in [0.15, 0.2) is 84.9 Å². The summed E-state index contributed by atoms with van der Waals surface area (Å²) in [7, 11) is 1.65. The lowest BCUT2D eigenvalue weighted by molar-refractivity contribution is 0.209. The molecule has 7 heteroatoms. The maximum absolute atomic E-state index is 13.2. The van der Waals surface area contributed by atoms with Gasteiger partial charge in [0.1, 0.15) is 0 Å².